The Morgan fingerprint density at radius 3 is 2.35 bits per heavy atom. The van der Waals surface area contributed by atoms with Crippen LogP contribution in [0.15, 0.2) is 54.6 Å². The minimum Gasteiger partial charge on any atom is -0.332 e. The summed E-state index contributed by atoms with van der Waals surface area (Å²) in [7, 11) is 0. The van der Waals surface area contributed by atoms with E-state index in [9.17, 15) is 10.1 Å². The molecule has 114 valence electrons. The topological polar surface area (TPSA) is 64.9 Å². The fraction of sp³-hybridized carbons (Fsp3) is 0.0556. The highest BCUT2D eigenvalue weighted by Crippen LogP contribution is 2.18. The molecular formula is C18H15N3OS. The minimum atomic E-state index is -0.219. The number of nitrogens with one attached hydrogen (secondary N) is 2. The van der Waals surface area contributed by atoms with Gasteiger partial charge in [-0.25, -0.2) is 0 Å². The Morgan fingerprint density at radius 1 is 1.13 bits per heavy atom. The Morgan fingerprint density at radius 2 is 1.78 bits per heavy atom. The third kappa shape index (κ3) is 5.06. The van der Waals surface area contributed by atoms with Crippen molar-refractivity contribution >= 4 is 40.6 Å². The molecule has 0 aliphatic heterocycles. The summed E-state index contributed by atoms with van der Waals surface area (Å²) in [6, 6.07) is 19.1. The van der Waals surface area contributed by atoms with Gasteiger partial charge in [0, 0.05) is 12.6 Å². The first-order chi connectivity index (χ1) is 11.1. The second-order valence-electron chi connectivity index (χ2n) is 4.79. The van der Waals surface area contributed by atoms with Gasteiger partial charge in [-0.3, -0.25) is 4.79 Å². The zero-order valence-corrected chi connectivity index (χ0v) is 13.4. The number of nitrogens with zero attached hydrogens (tertiary/aromatic N) is 1. The van der Waals surface area contributed by atoms with Crippen LogP contribution in [0.25, 0.3) is 11.6 Å². The lowest BCUT2D eigenvalue weighted by Gasteiger charge is -2.08. The van der Waals surface area contributed by atoms with E-state index in [0.29, 0.717) is 5.57 Å². The van der Waals surface area contributed by atoms with Crippen LogP contribution in [0.3, 0.4) is 0 Å². The van der Waals surface area contributed by atoms with Crippen molar-refractivity contribution in [1.82, 2.24) is 5.32 Å². The maximum Gasteiger partial charge on any atom is 0.222 e. The van der Waals surface area contributed by atoms with Gasteiger partial charge in [-0.15, -0.1) is 0 Å². The van der Waals surface area contributed by atoms with Crippen molar-refractivity contribution in [1.29, 1.82) is 5.26 Å². The molecule has 0 unspecified atom stereocenters. The molecule has 2 aromatic carbocycles. The first-order valence-electron chi connectivity index (χ1n) is 6.94. The van der Waals surface area contributed by atoms with Gasteiger partial charge >= 0.3 is 0 Å². The van der Waals surface area contributed by atoms with E-state index in [-0.39, 0.29) is 11.0 Å². The smallest absolute Gasteiger partial charge is 0.222 e. The molecule has 2 N–H and O–H groups in total. The lowest BCUT2D eigenvalue weighted by Crippen LogP contribution is -2.32. The molecule has 0 atom stereocenters. The van der Waals surface area contributed by atoms with Crippen LogP contribution in [0.5, 0.6) is 0 Å². The van der Waals surface area contributed by atoms with Gasteiger partial charge in [0.25, 0.3) is 0 Å². The van der Waals surface area contributed by atoms with Crippen LogP contribution >= 0.6 is 12.2 Å². The molecule has 0 spiro atoms. The number of hydrogen-bond donors (Lipinski definition) is 2. The molecular weight excluding hydrogens is 306 g/mol. The lowest BCUT2D eigenvalue weighted by atomic mass is 10.0. The molecule has 0 bridgehead atoms. The quantitative estimate of drug-likeness (QED) is 0.515. The molecule has 4 nitrogen and oxygen atoms in total. The molecule has 0 saturated carbocycles. The molecule has 23 heavy (non-hydrogen) atoms. The summed E-state index contributed by atoms with van der Waals surface area (Å²) < 4.78 is 0. The third-order valence-corrected chi connectivity index (χ3v) is 3.18. The van der Waals surface area contributed by atoms with Gasteiger partial charge in [-0.05, 0) is 41.6 Å². The van der Waals surface area contributed by atoms with Crippen molar-refractivity contribution < 1.29 is 4.79 Å². The first kappa shape index (κ1) is 16.4. The average Bonchev–Trinajstić information content (AvgIpc) is 2.54. The van der Waals surface area contributed by atoms with Gasteiger partial charge in [0.05, 0.1) is 11.6 Å². The average molecular weight is 321 g/mol. The second kappa shape index (κ2) is 7.87. The molecule has 0 heterocycles. The van der Waals surface area contributed by atoms with E-state index in [4.69, 9.17) is 12.2 Å². The highest BCUT2D eigenvalue weighted by Gasteiger charge is 2.02. The normalized spacial score (nSPS) is 10.5. The molecule has 5 heteroatoms. The predicted molar refractivity (Wildman–Crippen MR) is 96.4 cm³/mol. The molecule has 0 fully saturated rings. The highest BCUT2D eigenvalue weighted by atomic mass is 32.1. The van der Waals surface area contributed by atoms with Crippen LogP contribution in [-0.2, 0) is 4.79 Å². The van der Waals surface area contributed by atoms with Crippen LogP contribution < -0.4 is 10.6 Å². The van der Waals surface area contributed by atoms with Crippen molar-refractivity contribution in [2.45, 2.75) is 6.92 Å². The summed E-state index contributed by atoms with van der Waals surface area (Å²) in [4.78, 5) is 10.9. The summed E-state index contributed by atoms with van der Waals surface area (Å²) in [5.74, 6) is -0.219. The highest BCUT2D eigenvalue weighted by molar-refractivity contribution is 7.80. The van der Waals surface area contributed by atoms with Crippen LogP contribution in [0.1, 0.15) is 18.1 Å². The van der Waals surface area contributed by atoms with E-state index in [0.717, 1.165) is 16.8 Å². The molecule has 0 aromatic heterocycles. The fourth-order valence-electron chi connectivity index (χ4n) is 1.95. The Balaban J connectivity index is 2.13. The van der Waals surface area contributed by atoms with Gasteiger partial charge in [0.1, 0.15) is 0 Å². The number of carbonyl (C=O) groups excluding carboxylic acids is 1. The van der Waals surface area contributed by atoms with E-state index >= 15 is 0 Å². The molecule has 0 aliphatic carbocycles. The molecule has 2 rings (SSSR count). The summed E-state index contributed by atoms with van der Waals surface area (Å²) >= 11 is 5.00. The summed E-state index contributed by atoms with van der Waals surface area (Å²) in [6.07, 6.45) is 1.82. The van der Waals surface area contributed by atoms with Crippen molar-refractivity contribution in [2.24, 2.45) is 0 Å². The van der Waals surface area contributed by atoms with Crippen molar-refractivity contribution in [2.75, 3.05) is 5.32 Å². The largest absolute Gasteiger partial charge is 0.332 e. The maximum atomic E-state index is 10.9. The van der Waals surface area contributed by atoms with Crippen LogP contribution in [-0.4, -0.2) is 11.0 Å². The zero-order valence-electron chi connectivity index (χ0n) is 12.5. The van der Waals surface area contributed by atoms with Gasteiger partial charge < -0.3 is 10.6 Å². The van der Waals surface area contributed by atoms with E-state index in [1.807, 2.05) is 60.7 Å². The van der Waals surface area contributed by atoms with Crippen molar-refractivity contribution in [3.05, 3.63) is 65.7 Å². The number of carbonyl (C=O) groups is 1. The van der Waals surface area contributed by atoms with E-state index in [1.165, 1.54) is 6.92 Å². The molecule has 1 amide bonds. The number of amides is 1. The SMILES string of the molecule is CC(=O)NC(=S)Nc1ccc(/C=C(\C#N)c2ccccc2)cc1. The third-order valence-electron chi connectivity index (χ3n) is 2.97. The van der Waals surface area contributed by atoms with Crippen molar-refractivity contribution in [3.8, 4) is 6.07 Å². The summed E-state index contributed by atoms with van der Waals surface area (Å²) in [6.45, 7) is 1.40. The Labute approximate surface area is 140 Å². The molecule has 0 radical (unpaired) electrons. The Kier molecular flexibility index (Phi) is 5.61. The first-order valence-corrected chi connectivity index (χ1v) is 7.35. The number of thiocarbonyl (C=S) groups is 1. The number of anilines is 1. The van der Waals surface area contributed by atoms with Gasteiger partial charge in [0.15, 0.2) is 5.11 Å². The van der Waals surface area contributed by atoms with Gasteiger partial charge in [-0.2, -0.15) is 5.26 Å². The van der Waals surface area contributed by atoms with E-state index in [2.05, 4.69) is 16.7 Å². The standard InChI is InChI=1S/C18H15N3OS/c1-13(22)20-18(23)21-17-9-7-14(8-10-17)11-16(12-19)15-5-3-2-4-6-15/h2-11H,1H3,(H2,20,21,22,23)/b16-11+. The monoisotopic (exact) mass is 321 g/mol. The van der Waals surface area contributed by atoms with Crippen LogP contribution in [0.2, 0.25) is 0 Å². The summed E-state index contributed by atoms with van der Waals surface area (Å²) in [5, 5.41) is 15.0. The minimum absolute atomic E-state index is 0.219. The number of allylic oxidation sites excluding steroid dienone is 1. The molecule has 0 saturated heterocycles. The summed E-state index contributed by atoms with van der Waals surface area (Å²) in [5.41, 5.74) is 3.14. The lowest BCUT2D eigenvalue weighted by molar-refractivity contribution is -0.117. The Bertz CT molecular complexity index is 774. The fourth-order valence-corrected chi connectivity index (χ4v) is 2.21. The predicted octanol–water partition coefficient (Wildman–Crippen LogP) is 3.58. The Hall–Kier alpha value is -2.97. The molecule has 0 aliphatic rings. The number of benzene rings is 2. The van der Waals surface area contributed by atoms with E-state index < -0.39 is 0 Å². The van der Waals surface area contributed by atoms with Crippen LogP contribution in [0, 0.1) is 11.3 Å². The zero-order chi connectivity index (χ0) is 16.7. The number of rotatable bonds is 3. The van der Waals surface area contributed by atoms with Gasteiger partial charge in [0.2, 0.25) is 5.91 Å². The van der Waals surface area contributed by atoms with Crippen LogP contribution in [0.4, 0.5) is 5.69 Å². The molecule has 2 aromatic rings. The maximum absolute atomic E-state index is 10.9. The number of nitriles is 1. The van der Waals surface area contributed by atoms with E-state index in [1.54, 1.807) is 0 Å². The van der Waals surface area contributed by atoms with Crippen molar-refractivity contribution in [3.63, 3.8) is 0 Å². The van der Waals surface area contributed by atoms with Gasteiger partial charge in [-0.1, -0.05) is 42.5 Å². The second-order valence-corrected chi connectivity index (χ2v) is 5.20. The number of hydrogen-bond acceptors (Lipinski definition) is 3.